The van der Waals surface area contributed by atoms with Crippen LogP contribution in [-0.4, -0.2) is 56.1 Å². The average Bonchev–Trinajstić information content (AvgIpc) is 2.63. The van der Waals surface area contributed by atoms with Gasteiger partial charge >= 0.3 is 0 Å². The van der Waals surface area contributed by atoms with Gasteiger partial charge in [-0.3, -0.25) is 0 Å². The summed E-state index contributed by atoms with van der Waals surface area (Å²) in [5.41, 5.74) is 2.72. The molecule has 0 saturated carbocycles. The summed E-state index contributed by atoms with van der Waals surface area (Å²) in [5, 5.41) is 0. The van der Waals surface area contributed by atoms with E-state index < -0.39 is 0 Å². The summed E-state index contributed by atoms with van der Waals surface area (Å²) in [7, 11) is 2.22. The molecule has 4 rings (SSSR count). The fourth-order valence-electron chi connectivity index (χ4n) is 3.55. The highest BCUT2D eigenvalue weighted by molar-refractivity contribution is 7.99. The molecule has 0 unspecified atom stereocenters. The van der Waals surface area contributed by atoms with Crippen LogP contribution in [-0.2, 0) is 0 Å². The molecule has 0 amide bonds. The van der Waals surface area contributed by atoms with Crippen molar-refractivity contribution in [3.05, 3.63) is 48.5 Å². The highest BCUT2D eigenvalue weighted by atomic mass is 35.5. The number of hydrogen-bond acceptors (Lipinski definition) is 4. The zero-order valence-corrected chi connectivity index (χ0v) is 16.4. The lowest BCUT2D eigenvalue weighted by Gasteiger charge is -2.35. The number of halogens is 1. The smallest absolute Gasteiger partial charge is 0.0552 e. The van der Waals surface area contributed by atoms with Crippen molar-refractivity contribution in [3.63, 3.8) is 0 Å². The average molecular weight is 376 g/mol. The van der Waals surface area contributed by atoms with Gasteiger partial charge in [0, 0.05) is 42.5 Å². The first-order valence-corrected chi connectivity index (χ1v) is 9.67. The molecular weight excluding hydrogens is 350 g/mol. The van der Waals surface area contributed by atoms with Crippen molar-refractivity contribution in [1.82, 2.24) is 9.80 Å². The van der Waals surface area contributed by atoms with Crippen LogP contribution in [0.15, 0.2) is 58.3 Å². The number of piperazine rings is 1. The summed E-state index contributed by atoms with van der Waals surface area (Å²) in [6.45, 7) is 7.10. The van der Waals surface area contributed by atoms with E-state index in [4.69, 9.17) is 0 Å². The Morgan fingerprint density at radius 1 is 0.800 bits per heavy atom. The predicted octanol–water partition coefficient (Wildman–Crippen LogP) is 4.35. The second-order valence-electron chi connectivity index (χ2n) is 6.69. The van der Waals surface area contributed by atoms with Crippen molar-refractivity contribution in [2.45, 2.75) is 16.2 Å². The molecule has 2 aliphatic rings. The van der Waals surface area contributed by atoms with E-state index in [0.717, 1.165) is 6.54 Å². The number of hydrogen-bond donors (Lipinski definition) is 0. The first kappa shape index (κ1) is 18.6. The largest absolute Gasteiger partial charge is 0.340 e. The van der Waals surface area contributed by atoms with Gasteiger partial charge in [0.25, 0.3) is 0 Å². The Balaban J connectivity index is 0.00000182. The van der Waals surface area contributed by atoms with Gasteiger partial charge in [0.1, 0.15) is 0 Å². The van der Waals surface area contributed by atoms with E-state index in [9.17, 15) is 0 Å². The minimum Gasteiger partial charge on any atom is -0.340 e. The van der Waals surface area contributed by atoms with Crippen molar-refractivity contribution >= 4 is 35.5 Å². The van der Waals surface area contributed by atoms with Crippen LogP contribution < -0.4 is 4.90 Å². The maximum atomic E-state index is 2.61. The van der Waals surface area contributed by atoms with E-state index in [2.05, 4.69) is 70.3 Å². The number of nitrogens with zero attached hydrogens (tertiary/aromatic N) is 3. The summed E-state index contributed by atoms with van der Waals surface area (Å²) in [6, 6.07) is 17.6. The van der Waals surface area contributed by atoms with Crippen LogP contribution in [0.25, 0.3) is 0 Å². The van der Waals surface area contributed by atoms with Crippen molar-refractivity contribution < 1.29 is 0 Å². The first-order valence-electron chi connectivity index (χ1n) is 8.85. The summed E-state index contributed by atoms with van der Waals surface area (Å²) in [4.78, 5) is 10.3. The maximum absolute atomic E-state index is 2.61. The van der Waals surface area contributed by atoms with Crippen LogP contribution in [0.5, 0.6) is 0 Å². The molecule has 2 heterocycles. The van der Waals surface area contributed by atoms with E-state index >= 15 is 0 Å². The Labute approximate surface area is 161 Å². The molecule has 5 heteroatoms. The molecule has 1 fully saturated rings. The molecule has 0 spiro atoms. The van der Waals surface area contributed by atoms with Crippen LogP contribution in [0.4, 0.5) is 11.4 Å². The molecule has 0 aliphatic carbocycles. The van der Waals surface area contributed by atoms with Gasteiger partial charge in [0.2, 0.25) is 0 Å². The zero-order valence-electron chi connectivity index (χ0n) is 14.7. The van der Waals surface area contributed by atoms with Gasteiger partial charge in [0.05, 0.1) is 11.4 Å². The van der Waals surface area contributed by atoms with Crippen LogP contribution >= 0.6 is 24.2 Å². The maximum Gasteiger partial charge on any atom is 0.0552 e. The van der Waals surface area contributed by atoms with Crippen LogP contribution in [0.2, 0.25) is 0 Å². The summed E-state index contributed by atoms with van der Waals surface area (Å²) >= 11 is 1.89. The normalized spacial score (nSPS) is 17.6. The van der Waals surface area contributed by atoms with Gasteiger partial charge < -0.3 is 14.7 Å². The topological polar surface area (TPSA) is 9.72 Å². The number of para-hydroxylation sites is 2. The third-order valence-corrected chi connectivity index (χ3v) is 6.11. The van der Waals surface area contributed by atoms with Crippen molar-refractivity contribution in [2.24, 2.45) is 0 Å². The molecular formula is C20H26ClN3S. The van der Waals surface area contributed by atoms with E-state index in [1.165, 1.54) is 60.3 Å². The second-order valence-corrected chi connectivity index (χ2v) is 7.77. The second kappa shape index (κ2) is 8.45. The number of rotatable bonds is 4. The van der Waals surface area contributed by atoms with E-state index in [1.54, 1.807) is 0 Å². The molecule has 0 N–H and O–H groups in total. The van der Waals surface area contributed by atoms with Gasteiger partial charge in [-0.1, -0.05) is 36.0 Å². The molecule has 0 aromatic heterocycles. The molecule has 25 heavy (non-hydrogen) atoms. The molecule has 0 bridgehead atoms. The SMILES string of the molecule is CN1CCN(CCCN2c3ccccc3Sc3ccccc32)CC1.Cl. The zero-order chi connectivity index (χ0) is 16.4. The highest BCUT2D eigenvalue weighted by Crippen LogP contribution is 2.47. The van der Waals surface area contributed by atoms with E-state index in [1.807, 2.05) is 11.8 Å². The lowest BCUT2D eigenvalue weighted by molar-refractivity contribution is 0.153. The number of likely N-dealkylation sites (N-methyl/N-ethyl adjacent to an activating group) is 1. The molecule has 3 nitrogen and oxygen atoms in total. The lowest BCUT2D eigenvalue weighted by Crippen LogP contribution is -2.45. The third-order valence-electron chi connectivity index (χ3n) is 4.98. The third kappa shape index (κ3) is 4.14. The molecule has 0 atom stereocenters. The molecule has 0 radical (unpaired) electrons. The molecule has 2 aliphatic heterocycles. The van der Waals surface area contributed by atoms with Crippen molar-refractivity contribution in [2.75, 3.05) is 51.2 Å². The van der Waals surface area contributed by atoms with E-state index in [0.29, 0.717) is 0 Å². The minimum absolute atomic E-state index is 0. The fraction of sp³-hybridized carbons (Fsp3) is 0.400. The summed E-state index contributed by atoms with van der Waals surface area (Å²) in [5.74, 6) is 0. The Kier molecular flexibility index (Phi) is 6.29. The van der Waals surface area contributed by atoms with Crippen LogP contribution in [0.1, 0.15) is 6.42 Å². The lowest BCUT2D eigenvalue weighted by atomic mass is 10.2. The van der Waals surface area contributed by atoms with Gasteiger partial charge in [-0.15, -0.1) is 12.4 Å². The standard InChI is InChI=1S/C20H25N3S.ClH/c1-21-13-15-22(16-14-21)11-6-12-23-17-7-2-4-9-19(17)24-20-10-5-3-8-18(20)23;/h2-5,7-10H,6,11-16H2,1H3;1H. The minimum atomic E-state index is 0. The Hall–Kier alpha value is -1.20. The van der Waals surface area contributed by atoms with E-state index in [-0.39, 0.29) is 12.4 Å². The van der Waals surface area contributed by atoms with Crippen LogP contribution in [0.3, 0.4) is 0 Å². The molecule has 134 valence electrons. The van der Waals surface area contributed by atoms with Crippen molar-refractivity contribution in [1.29, 1.82) is 0 Å². The van der Waals surface area contributed by atoms with Gasteiger partial charge in [-0.25, -0.2) is 0 Å². The number of fused-ring (bicyclic) bond motifs is 2. The van der Waals surface area contributed by atoms with Crippen LogP contribution in [0, 0.1) is 0 Å². The highest BCUT2D eigenvalue weighted by Gasteiger charge is 2.22. The fourth-order valence-corrected chi connectivity index (χ4v) is 4.64. The summed E-state index contributed by atoms with van der Waals surface area (Å²) < 4.78 is 0. The van der Waals surface area contributed by atoms with Gasteiger partial charge in [-0.05, 0) is 44.3 Å². The van der Waals surface area contributed by atoms with Gasteiger partial charge in [-0.2, -0.15) is 0 Å². The molecule has 2 aromatic carbocycles. The predicted molar refractivity (Wildman–Crippen MR) is 110 cm³/mol. The molecule has 1 saturated heterocycles. The number of benzene rings is 2. The quantitative estimate of drug-likeness (QED) is 0.785. The Morgan fingerprint density at radius 3 is 1.96 bits per heavy atom. The molecule has 2 aromatic rings. The number of anilines is 2. The Bertz CT molecular complexity index is 655. The summed E-state index contributed by atoms with van der Waals surface area (Å²) in [6.07, 6.45) is 1.21. The van der Waals surface area contributed by atoms with Crippen molar-refractivity contribution in [3.8, 4) is 0 Å². The monoisotopic (exact) mass is 375 g/mol. The van der Waals surface area contributed by atoms with Gasteiger partial charge in [0.15, 0.2) is 0 Å². The first-order chi connectivity index (χ1) is 11.8. The Morgan fingerprint density at radius 2 is 1.36 bits per heavy atom.